The van der Waals surface area contributed by atoms with Crippen molar-refractivity contribution < 1.29 is 0 Å². The van der Waals surface area contributed by atoms with Crippen LogP contribution in [0.3, 0.4) is 0 Å². The lowest BCUT2D eigenvalue weighted by Gasteiger charge is -2.14. The zero-order valence-corrected chi connectivity index (χ0v) is 7.60. The number of nitrogens with one attached hydrogen (secondary N) is 1. The van der Waals surface area contributed by atoms with Gasteiger partial charge in [-0.15, -0.1) is 0 Å². The van der Waals surface area contributed by atoms with Crippen LogP contribution >= 0.6 is 22.6 Å². The van der Waals surface area contributed by atoms with Crippen molar-refractivity contribution in [3.63, 3.8) is 0 Å². The van der Waals surface area contributed by atoms with Crippen LogP contribution in [0.15, 0.2) is 0 Å². The van der Waals surface area contributed by atoms with Crippen molar-refractivity contribution in [2.24, 2.45) is 0 Å². The number of hydrogen-bond acceptors (Lipinski definition) is 2. The molecule has 2 nitrogen and oxygen atoms in total. The topological polar surface area (TPSA) is 15.3 Å². The molecular formula is C5H13IN2. The number of halogens is 1. The van der Waals surface area contributed by atoms with Crippen molar-refractivity contribution in [3.8, 4) is 0 Å². The molecule has 0 rings (SSSR count). The number of hydrazine groups is 1. The summed E-state index contributed by atoms with van der Waals surface area (Å²) in [6.45, 7) is 4.24. The van der Waals surface area contributed by atoms with Crippen LogP contribution < -0.4 is 5.43 Å². The van der Waals surface area contributed by atoms with Gasteiger partial charge in [-0.05, 0) is 0 Å². The first-order valence-corrected chi connectivity index (χ1v) is 4.34. The highest BCUT2D eigenvalue weighted by atomic mass is 127. The van der Waals surface area contributed by atoms with E-state index in [9.17, 15) is 0 Å². The molecule has 0 aliphatic rings. The third-order valence-corrected chi connectivity index (χ3v) is 1.33. The van der Waals surface area contributed by atoms with E-state index in [2.05, 4.69) is 47.0 Å². The molecule has 0 aliphatic heterocycles. The quantitative estimate of drug-likeness (QED) is 0.436. The summed E-state index contributed by atoms with van der Waals surface area (Å²) in [6.07, 6.45) is 0. The Morgan fingerprint density at radius 3 is 2.62 bits per heavy atom. The zero-order chi connectivity index (χ0) is 6.41. The lowest BCUT2D eigenvalue weighted by molar-refractivity contribution is 0.259. The summed E-state index contributed by atoms with van der Waals surface area (Å²) < 4.78 is 1.18. The molecule has 0 aliphatic carbocycles. The molecule has 0 radical (unpaired) electrons. The second kappa shape index (κ2) is 5.78. The molecular weight excluding hydrogens is 215 g/mol. The Labute approximate surface area is 64.7 Å². The van der Waals surface area contributed by atoms with Crippen molar-refractivity contribution in [2.45, 2.75) is 6.92 Å². The number of rotatable bonds is 4. The van der Waals surface area contributed by atoms with Crippen molar-refractivity contribution in [1.82, 2.24) is 10.4 Å². The van der Waals surface area contributed by atoms with Gasteiger partial charge in [0.2, 0.25) is 0 Å². The average molecular weight is 228 g/mol. The molecule has 0 aromatic carbocycles. The molecule has 0 saturated carbocycles. The molecule has 0 bridgehead atoms. The molecule has 0 fully saturated rings. The summed E-state index contributed by atoms with van der Waals surface area (Å²) in [6, 6.07) is 0. The van der Waals surface area contributed by atoms with Gasteiger partial charge in [-0.3, -0.25) is 5.43 Å². The van der Waals surface area contributed by atoms with Crippen LogP contribution in [0.1, 0.15) is 6.92 Å². The van der Waals surface area contributed by atoms with Gasteiger partial charge in [0, 0.05) is 24.6 Å². The molecule has 8 heavy (non-hydrogen) atoms. The average Bonchev–Trinajstić information content (AvgIpc) is 1.68. The van der Waals surface area contributed by atoms with Crippen LogP contribution in [0.2, 0.25) is 0 Å². The first-order chi connectivity index (χ1) is 3.81. The Morgan fingerprint density at radius 1 is 1.62 bits per heavy atom. The minimum Gasteiger partial charge on any atom is -0.256 e. The highest BCUT2D eigenvalue weighted by Crippen LogP contribution is 1.81. The van der Waals surface area contributed by atoms with E-state index in [1.807, 2.05) is 0 Å². The van der Waals surface area contributed by atoms with Crippen LogP contribution in [0.25, 0.3) is 0 Å². The van der Waals surface area contributed by atoms with Gasteiger partial charge < -0.3 is 0 Å². The van der Waals surface area contributed by atoms with Gasteiger partial charge in [-0.2, -0.15) is 0 Å². The summed E-state index contributed by atoms with van der Waals surface area (Å²) in [5, 5.41) is 2.10. The first kappa shape index (κ1) is 8.65. The van der Waals surface area contributed by atoms with Gasteiger partial charge in [0.15, 0.2) is 0 Å². The van der Waals surface area contributed by atoms with E-state index in [-0.39, 0.29) is 0 Å². The van der Waals surface area contributed by atoms with Crippen molar-refractivity contribution in [1.29, 1.82) is 0 Å². The Bertz CT molecular complexity index is 43.7. The minimum atomic E-state index is 1.02. The molecule has 0 aromatic rings. The highest BCUT2D eigenvalue weighted by Gasteiger charge is 1.89. The molecule has 0 amide bonds. The first-order valence-electron chi connectivity index (χ1n) is 2.81. The maximum atomic E-state index is 3.17. The Kier molecular flexibility index (Phi) is 6.25. The Hall–Kier alpha value is 0.650. The standard InChI is InChI=1S/C5H13IN2/c1-3-7-8(2)5-4-6/h7H,3-5H2,1-2H3. The van der Waals surface area contributed by atoms with E-state index >= 15 is 0 Å². The summed E-state index contributed by atoms with van der Waals surface area (Å²) in [4.78, 5) is 0. The summed E-state index contributed by atoms with van der Waals surface area (Å²) >= 11 is 2.36. The Morgan fingerprint density at radius 2 is 2.25 bits per heavy atom. The molecule has 0 aromatic heterocycles. The van der Waals surface area contributed by atoms with Crippen LogP contribution in [-0.2, 0) is 0 Å². The van der Waals surface area contributed by atoms with Gasteiger partial charge in [-0.25, -0.2) is 5.01 Å². The van der Waals surface area contributed by atoms with E-state index < -0.39 is 0 Å². The Balaban J connectivity index is 2.92. The van der Waals surface area contributed by atoms with Crippen LogP contribution in [0.4, 0.5) is 0 Å². The number of hydrogen-bond donors (Lipinski definition) is 1. The smallest absolute Gasteiger partial charge is 0.0217 e. The van der Waals surface area contributed by atoms with E-state index in [4.69, 9.17) is 0 Å². The molecule has 0 saturated heterocycles. The van der Waals surface area contributed by atoms with E-state index in [1.54, 1.807) is 0 Å². The monoisotopic (exact) mass is 228 g/mol. The fraction of sp³-hybridized carbons (Fsp3) is 1.00. The van der Waals surface area contributed by atoms with Crippen LogP contribution in [-0.4, -0.2) is 29.6 Å². The predicted octanol–water partition coefficient (Wildman–Crippen LogP) is 0.878. The SMILES string of the molecule is CCNN(C)CCI. The highest BCUT2D eigenvalue weighted by molar-refractivity contribution is 14.1. The van der Waals surface area contributed by atoms with Gasteiger partial charge in [-0.1, -0.05) is 29.5 Å². The van der Waals surface area contributed by atoms with Gasteiger partial charge >= 0.3 is 0 Å². The lowest BCUT2D eigenvalue weighted by Crippen LogP contribution is -2.35. The predicted molar refractivity (Wildman–Crippen MR) is 45.2 cm³/mol. The van der Waals surface area contributed by atoms with Crippen molar-refractivity contribution in [3.05, 3.63) is 0 Å². The minimum absolute atomic E-state index is 1.02. The lowest BCUT2D eigenvalue weighted by atomic mass is 10.7. The summed E-state index contributed by atoms with van der Waals surface area (Å²) in [7, 11) is 2.06. The van der Waals surface area contributed by atoms with Crippen molar-refractivity contribution in [2.75, 3.05) is 24.6 Å². The number of alkyl halides is 1. The molecule has 0 heterocycles. The van der Waals surface area contributed by atoms with Crippen LogP contribution in [0.5, 0.6) is 0 Å². The van der Waals surface area contributed by atoms with E-state index in [0.29, 0.717) is 0 Å². The second-order valence-corrected chi connectivity index (χ2v) is 2.70. The maximum absolute atomic E-state index is 3.17. The fourth-order valence-electron chi connectivity index (χ4n) is 0.476. The zero-order valence-electron chi connectivity index (χ0n) is 5.45. The molecule has 3 heteroatoms. The van der Waals surface area contributed by atoms with Gasteiger partial charge in [0.25, 0.3) is 0 Å². The molecule has 0 spiro atoms. The summed E-state index contributed by atoms with van der Waals surface area (Å²) in [5.74, 6) is 0. The summed E-state index contributed by atoms with van der Waals surface area (Å²) in [5.41, 5.74) is 3.17. The molecule has 1 N–H and O–H groups in total. The molecule has 0 unspecified atom stereocenters. The van der Waals surface area contributed by atoms with Crippen LogP contribution in [0, 0.1) is 0 Å². The van der Waals surface area contributed by atoms with E-state index in [0.717, 1.165) is 13.1 Å². The normalized spacial score (nSPS) is 10.5. The van der Waals surface area contributed by atoms with Gasteiger partial charge in [0.1, 0.15) is 0 Å². The third kappa shape index (κ3) is 4.80. The second-order valence-electron chi connectivity index (χ2n) is 1.62. The van der Waals surface area contributed by atoms with E-state index in [1.165, 1.54) is 4.43 Å². The third-order valence-electron chi connectivity index (χ3n) is 0.848. The number of nitrogens with zero attached hydrogens (tertiary/aromatic N) is 1. The maximum Gasteiger partial charge on any atom is 0.0217 e. The molecule has 0 atom stereocenters. The fourth-order valence-corrected chi connectivity index (χ4v) is 1.20. The largest absolute Gasteiger partial charge is 0.256 e. The van der Waals surface area contributed by atoms with Crippen molar-refractivity contribution >= 4 is 22.6 Å². The van der Waals surface area contributed by atoms with Gasteiger partial charge in [0.05, 0.1) is 0 Å². The molecule has 50 valence electrons.